The lowest BCUT2D eigenvalue weighted by molar-refractivity contribution is -0.385. The minimum absolute atomic E-state index is 0.00587. The lowest BCUT2D eigenvalue weighted by Crippen LogP contribution is -2.29. The van der Waals surface area contributed by atoms with Crippen molar-refractivity contribution < 1.29 is 14.8 Å². The summed E-state index contributed by atoms with van der Waals surface area (Å²) in [7, 11) is 0. The van der Waals surface area contributed by atoms with Crippen LogP contribution >= 0.6 is 0 Å². The monoisotopic (exact) mass is 238 g/mol. The molecular formula is C11H14N2O4. The molecule has 6 nitrogen and oxygen atoms in total. The molecule has 0 aliphatic carbocycles. The number of aliphatic carboxylic acids is 1. The molecular weight excluding hydrogens is 224 g/mol. The van der Waals surface area contributed by atoms with Gasteiger partial charge < -0.3 is 10.0 Å². The highest BCUT2D eigenvalue weighted by atomic mass is 16.6. The minimum atomic E-state index is -0.963. The number of benzene rings is 1. The molecule has 1 aromatic rings. The van der Waals surface area contributed by atoms with Crippen LogP contribution in [0.4, 0.5) is 11.4 Å². The predicted molar refractivity (Wildman–Crippen MR) is 63.4 cm³/mol. The van der Waals surface area contributed by atoms with Crippen LogP contribution in [0.3, 0.4) is 0 Å². The number of aryl methyl sites for hydroxylation is 1. The summed E-state index contributed by atoms with van der Waals surface area (Å²) in [4.78, 5) is 22.5. The third-order valence-corrected chi connectivity index (χ3v) is 2.46. The molecule has 0 heterocycles. The smallest absolute Gasteiger partial charge is 0.323 e. The standard InChI is InChI=1S/C11H14N2O4/c1-3-12(7-11(14)15)9-5-4-8(2)10(6-9)13(16)17/h4-6H,3,7H2,1-2H3,(H,14,15). The third-order valence-electron chi connectivity index (χ3n) is 2.46. The van der Waals surface area contributed by atoms with E-state index in [1.165, 1.54) is 6.07 Å². The van der Waals surface area contributed by atoms with E-state index in [0.717, 1.165) is 0 Å². The molecule has 1 aromatic carbocycles. The Kier molecular flexibility index (Phi) is 4.03. The van der Waals surface area contributed by atoms with E-state index >= 15 is 0 Å². The Morgan fingerprint density at radius 2 is 2.18 bits per heavy atom. The fourth-order valence-electron chi connectivity index (χ4n) is 1.54. The SMILES string of the molecule is CCN(CC(=O)O)c1ccc(C)c([N+](=O)[O-])c1. The second-order valence-electron chi connectivity index (χ2n) is 3.64. The fourth-order valence-corrected chi connectivity index (χ4v) is 1.54. The zero-order valence-electron chi connectivity index (χ0n) is 9.71. The van der Waals surface area contributed by atoms with Crippen molar-refractivity contribution in [2.24, 2.45) is 0 Å². The third kappa shape index (κ3) is 3.17. The average Bonchev–Trinajstić information content (AvgIpc) is 2.26. The first-order valence-electron chi connectivity index (χ1n) is 5.17. The van der Waals surface area contributed by atoms with Crippen molar-refractivity contribution in [2.45, 2.75) is 13.8 Å². The molecule has 6 heteroatoms. The van der Waals surface area contributed by atoms with Crippen LogP contribution in [0.15, 0.2) is 18.2 Å². The van der Waals surface area contributed by atoms with Gasteiger partial charge in [-0.25, -0.2) is 0 Å². The van der Waals surface area contributed by atoms with Crippen LogP contribution in [0.2, 0.25) is 0 Å². The first kappa shape index (κ1) is 13.0. The van der Waals surface area contributed by atoms with Crippen molar-refractivity contribution >= 4 is 17.3 Å². The molecule has 0 aromatic heterocycles. The number of hydrogen-bond donors (Lipinski definition) is 1. The molecule has 17 heavy (non-hydrogen) atoms. The molecule has 0 saturated heterocycles. The summed E-state index contributed by atoms with van der Waals surface area (Å²) in [5.74, 6) is -0.963. The van der Waals surface area contributed by atoms with E-state index in [0.29, 0.717) is 17.8 Å². The Labute approximate surface area is 98.6 Å². The van der Waals surface area contributed by atoms with Crippen molar-refractivity contribution in [3.8, 4) is 0 Å². The van der Waals surface area contributed by atoms with Gasteiger partial charge in [0.2, 0.25) is 0 Å². The van der Waals surface area contributed by atoms with Gasteiger partial charge in [0.25, 0.3) is 5.69 Å². The van der Waals surface area contributed by atoms with Gasteiger partial charge in [-0.3, -0.25) is 14.9 Å². The number of likely N-dealkylation sites (N-methyl/N-ethyl adjacent to an activating group) is 1. The molecule has 1 N–H and O–H groups in total. The summed E-state index contributed by atoms with van der Waals surface area (Å²) >= 11 is 0. The molecule has 0 aliphatic heterocycles. The Hall–Kier alpha value is -2.11. The Morgan fingerprint density at radius 3 is 2.65 bits per heavy atom. The van der Waals surface area contributed by atoms with E-state index in [1.807, 2.05) is 0 Å². The molecule has 0 atom stereocenters. The van der Waals surface area contributed by atoms with Gasteiger partial charge in [-0.2, -0.15) is 0 Å². The maximum absolute atomic E-state index is 10.8. The number of hydrogen-bond acceptors (Lipinski definition) is 4. The van der Waals surface area contributed by atoms with E-state index in [4.69, 9.17) is 5.11 Å². The number of rotatable bonds is 5. The van der Waals surface area contributed by atoms with Gasteiger partial charge in [0.1, 0.15) is 6.54 Å². The highest BCUT2D eigenvalue weighted by Crippen LogP contribution is 2.24. The van der Waals surface area contributed by atoms with Gasteiger partial charge in [0, 0.05) is 23.9 Å². The highest BCUT2D eigenvalue weighted by Gasteiger charge is 2.15. The van der Waals surface area contributed by atoms with E-state index in [-0.39, 0.29) is 12.2 Å². The summed E-state index contributed by atoms with van der Waals surface area (Å²) in [5.41, 5.74) is 1.11. The topological polar surface area (TPSA) is 83.7 Å². The van der Waals surface area contributed by atoms with E-state index in [9.17, 15) is 14.9 Å². The van der Waals surface area contributed by atoms with E-state index < -0.39 is 10.9 Å². The number of carbonyl (C=O) groups is 1. The first-order valence-corrected chi connectivity index (χ1v) is 5.17. The van der Waals surface area contributed by atoms with Crippen molar-refractivity contribution in [1.82, 2.24) is 0 Å². The molecule has 0 bridgehead atoms. The summed E-state index contributed by atoms with van der Waals surface area (Å²) in [6, 6.07) is 4.72. The van der Waals surface area contributed by atoms with Crippen molar-refractivity contribution in [1.29, 1.82) is 0 Å². The zero-order valence-corrected chi connectivity index (χ0v) is 9.71. The lowest BCUT2D eigenvalue weighted by Gasteiger charge is -2.20. The van der Waals surface area contributed by atoms with Gasteiger partial charge in [-0.05, 0) is 19.9 Å². The number of carboxylic acids is 1. The second-order valence-corrected chi connectivity index (χ2v) is 3.64. The molecule has 1 rings (SSSR count). The maximum Gasteiger partial charge on any atom is 0.323 e. The molecule has 0 unspecified atom stereocenters. The van der Waals surface area contributed by atoms with Crippen LogP contribution in [0.1, 0.15) is 12.5 Å². The van der Waals surface area contributed by atoms with Crippen LogP contribution in [-0.2, 0) is 4.79 Å². The van der Waals surface area contributed by atoms with Gasteiger partial charge in [-0.1, -0.05) is 6.07 Å². The molecule has 0 fully saturated rings. The molecule has 0 amide bonds. The molecule has 0 saturated carbocycles. The maximum atomic E-state index is 10.8. The first-order chi connectivity index (χ1) is 7.95. The predicted octanol–water partition coefficient (Wildman–Crippen LogP) is 1.81. The van der Waals surface area contributed by atoms with Crippen molar-refractivity contribution in [3.05, 3.63) is 33.9 Å². The zero-order chi connectivity index (χ0) is 13.0. The molecule has 92 valence electrons. The van der Waals surface area contributed by atoms with Crippen molar-refractivity contribution in [3.63, 3.8) is 0 Å². The Bertz CT molecular complexity index is 445. The Balaban J connectivity index is 3.08. The molecule has 0 aliphatic rings. The van der Waals surface area contributed by atoms with E-state index in [1.54, 1.807) is 30.9 Å². The summed E-state index contributed by atoms with van der Waals surface area (Å²) < 4.78 is 0. The van der Waals surface area contributed by atoms with Crippen LogP contribution in [0.5, 0.6) is 0 Å². The average molecular weight is 238 g/mol. The number of nitro groups is 1. The lowest BCUT2D eigenvalue weighted by atomic mass is 10.1. The minimum Gasteiger partial charge on any atom is -0.480 e. The highest BCUT2D eigenvalue weighted by molar-refractivity contribution is 5.74. The summed E-state index contributed by atoms with van der Waals surface area (Å²) in [6.45, 7) is 3.76. The summed E-state index contributed by atoms with van der Waals surface area (Å²) in [5, 5.41) is 19.5. The van der Waals surface area contributed by atoms with Gasteiger partial charge in [-0.15, -0.1) is 0 Å². The van der Waals surface area contributed by atoms with Gasteiger partial charge in [0.05, 0.1) is 4.92 Å². The number of carboxylic acid groups (broad SMARTS) is 1. The quantitative estimate of drug-likeness (QED) is 0.624. The van der Waals surface area contributed by atoms with Crippen LogP contribution in [-0.4, -0.2) is 29.1 Å². The van der Waals surface area contributed by atoms with Crippen LogP contribution in [0, 0.1) is 17.0 Å². The second kappa shape index (κ2) is 5.29. The van der Waals surface area contributed by atoms with Crippen LogP contribution < -0.4 is 4.90 Å². The number of nitrogens with zero attached hydrogens (tertiary/aromatic N) is 2. The normalized spacial score (nSPS) is 10.0. The fraction of sp³-hybridized carbons (Fsp3) is 0.364. The van der Waals surface area contributed by atoms with Crippen molar-refractivity contribution in [2.75, 3.05) is 18.0 Å². The largest absolute Gasteiger partial charge is 0.480 e. The van der Waals surface area contributed by atoms with E-state index in [2.05, 4.69) is 0 Å². The molecule has 0 radical (unpaired) electrons. The Morgan fingerprint density at radius 1 is 1.53 bits per heavy atom. The van der Waals surface area contributed by atoms with Gasteiger partial charge in [0.15, 0.2) is 0 Å². The number of nitro benzene ring substituents is 1. The van der Waals surface area contributed by atoms with Gasteiger partial charge >= 0.3 is 5.97 Å². The number of anilines is 1. The molecule has 0 spiro atoms. The van der Waals surface area contributed by atoms with Crippen LogP contribution in [0.25, 0.3) is 0 Å². The summed E-state index contributed by atoms with van der Waals surface area (Å²) in [6.07, 6.45) is 0.